The maximum absolute atomic E-state index is 13.5. The lowest BCUT2D eigenvalue weighted by molar-refractivity contribution is -0.137. The van der Waals surface area contributed by atoms with Crippen molar-refractivity contribution in [2.45, 2.75) is 64.0 Å². The Kier molecular flexibility index (Phi) is 6.47. The number of amides is 3. The Morgan fingerprint density at radius 3 is 2.56 bits per heavy atom. The Hall–Kier alpha value is -2.67. The van der Waals surface area contributed by atoms with Crippen molar-refractivity contribution in [1.82, 2.24) is 9.80 Å². The first-order valence-corrected chi connectivity index (χ1v) is 13.4. The minimum Gasteiger partial charge on any atom is -0.370 e. The van der Waals surface area contributed by atoms with Gasteiger partial charge in [0.25, 0.3) is 11.8 Å². The number of piperidine rings is 1. The zero-order valence-electron chi connectivity index (χ0n) is 20.0. The van der Waals surface area contributed by atoms with Crippen LogP contribution in [0.4, 0.5) is 5.69 Å². The molecule has 2 atom stereocenters. The van der Waals surface area contributed by atoms with Gasteiger partial charge < -0.3 is 9.80 Å². The van der Waals surface area contributed by atoms with Crippen LogP contribution in [0.15, 0.2) is 35.7 Å². The summed E-state index contributed by atoms with van der Waals surface area (Å²) in [7, 11) is 1.96. The third kappa shape index (κ3) is 4.04. The summed E-state index contributed by atoms with van der Waals surface area (Å²) in [5, 5.41) is 1.96. The van der Waals surface area contributed by atoms with Crippen molar-refractivity contribution in [3.05, 3.63) is 51.7 Å². The van der Waals surface area contributed by atoms with Crippen LogP contribution in [0, 0.1) is 5.92 Å². The van der Waals surface area contributed by atoms with Crippen LogP contribution < -0.4 is 4.90 Å². The summed E-state index contributed by atoms with van der Waals surface area (Å²) < 4.78 is 0. The molecule has 6 nitrogen and oxygen atoms in total. The highest BCUT2D eigenvalue weighted by atomic mass is 32.1. The molecule has 0 radical (unpaired) electrons. The zero-order chi connectivity index (χ0) is 23.8. The van der Waals surface area contributed by atoms with E-state index in [-0.39, 0.29) is 29.7 Å². The number of carbonyl (C=O) groups excluding carboxylic acids is 3. The molecule has 180 valence electrons. The zero-order valence-corrected chi connectivity index (χ0v) is 20.9. The van der Waals surface area contributed by atoms with Crippen LogP contribution in [0.5, 0.6) is 0 Å². The first-order valence-electron chi connectivity index (χ1n) is 12.5. The number of anilines is 1. The molecule has 1 aliphatic carbocycles. The van der Waals surface area contributed by atoms with Gasteiger partial charge in [-0.25, -0.2) is 0 Å². The molecule has 1 saturated carbocycles. The molecule has 5 rings (SSSR count). The minimum atomic E-state index is -0.305. The van der Waals surface area contributed by atoms with Gasteiger partial charge >= 0.3 is 0 Å². The molecule has 0 unspecified atom stereocenters. The molecule has 3 heterocycles. The van der Waals surface area contributed by atoms with Crippen LogP contribution in [-0.4, -0.2) is 53.7 Å². The number of hydrogen-bond acceptors (Lipinski definition) is 5. The van der Waals surface area contributed by atoms with Crippen LogP contribution in [0.2, 0.25) is 0 Å². The molecule has 2 fully saturated rings. The van der Waals surface area contributed by atoms with E-state index in [4.69, 9.17) is 0 Å². The van der Waals surface area contributed by atoms with E-state index >= 15 is 0 Å². The summed E-state index contributed by atoms with van der Waals surface area (Å²) >= 11 is 1.55. The van der Waals surface area contributed by atoms with E-state index in [2.05, 4.69) is 4.90 Å². The van der Waals surface area contributed by atoms with Crippen LogP contribution in [-0.2, 0) is 4.79 Å². The van der Waals surface area contributed by atoms with Crippen molar-refractivity contribution < 1.29 is 14.4 Å². The van der Waals surface area contributed by atoms with Crippen molar-refractivity contribution >= 4 is 34.7 Å². The van der Waals surface area contributed by atoms with Crippen LogP contribution in [0.25, 0.3) is 0 Å². The van der Waals surface area contributed by atoms with Gasteiger partial charge in [-0.15, -0.1) is 11.3 Å². The molecule has 1 aromatic heterocycles. The van der Waals surface area contributed by atoms with E-state index in [1.54, 1.807) is 17.4 Å². The minimum absolute atomic E-state index is 0.0788. The molecule has 3 amide bonds. The number of thiophene rings is 1. The lowest BCUT2D eigenvalue weighted by atomic mass is 9.91. The second-order valence-corrected chi connectivity index (χ2v) is 10.9. The predicted octanol–water partition coefficient (Wildman–Crippen LogP) is 5.11. The third-order valence-corrected chi connectivity index (χ3v) is 8.89. The highest BCUT2D eigenvalue weighted by Crippen LogP contribution is 2.38. The first kappa shape index (κ1) is 23.1. The summed E-state index contributed by atoms with van der Waals surface area (Å²) in [6, 6.07) is 9.49. The average molecular weight is 480 g/mol. The molecule has 34 heavy (non-hydrogen) atoms. The predicted molar refractivity (Wildman–Crippen MR) is 134 cm³/mol. The highest BCUT2D eigenvalue weighted by Gasteiger charge is 2.42. The second kappa shape index (κ2) is 9.53. The fourth-order valence-electron chi connectivity index (χ4n) is 5.89. The van der Waals surface area contributed by atoms with E-state index < -0.39 is 0 Å². The highest BCUT2D eigenvalue weighted by molar-refractivity contribution is 7.10. The standard InChI is InChI=1S/C27H33N3O3S/c1-18(23-14-8-16-34-23)30-26(32)21-12-6-13-22(24(21)27(30)33)29-15-7-9-19(17-29)25(31)28(2)20-10-4-3-5-11-20/h6,8,12-14,16,18-20H,3-5,7,9-11,15,17H2,1-2H3/t18-,19+/m0/s1. The molecule has 0 bridgehead atoms. The van der Waals surface area contributed by atoms with Gasteiger partial charge in [-0.05, 0) is 56.2 Å². The van der Waals surface area contributed by atoms with Gasteiger partial charge in [-0.2, -0.15) is 0 Å². The number of benzene rings is 1. The molecule has 2 aliphatic heterocycles. The number of carbonyl (C=O) groups is 3. The largest absolute Gasteiger partial charge is 0.370 e. The van der Waals surface area contributed by atoms with Crippen molar-refractivity contribution in [1.29, 1.82) is 0 Å². The van der Waals surface area contributed by atoms with Crippen LogP contribution in [0.3, 0.4) is 0 Å². The van der Waals surface area contributed by atoms with Gasteiger partial charge in [-0.1, -0.05) is 31.4 Å². The number of imide groups is 1. The summed E-state index contributed by atoms with van der Waals surface area (Å²) in [6.07, 6.45) is 7.63. The monoisotopic (exact) mass is 479 g/mol. The lowest BCUT2D eigenvalue weighted by Gasteiger charge is -2.38. The Morgan fingerprint density at radius 1 is 1.03 bits per heavy atom. The van der Waals surface area contributed by atoms with Gasteiger partial charge in [0.05, 0.1) is 28.8 Å². The Bertz CT molecular complexity index is 1080. The number of fused-ring (bicyclic) bond motifs is 1. The van der Waals surface area contributed by atoms with Gasteiger partial charge in [0.1, 0.15) is 0 Å². The maximum Gasteiger partial charge on any atom is 0.264 e. The fraction of sp³-hybridized carbons (Fsp3) is 0.519. The van der Waals surface area contributed by atoms with Crippen molar-refractivity contribution in [3.63, 3.8) is 0 Å². The normalized spacial score (nSPS) is 22.1. The van der Waals surface area contributed by atoms with Crippen molar-refractivity contribution in [2.75, 3.05) is 25.0 Å². The van der Waals surface area contributed by atoms with Crippen LogP contribution in [0.1, 0.15) is 83.5 Å². The van der Waals surface area contributed by atoms with Gasteiger partial charge in [-0.3, -0.25) is 19.3 Å². The third-order valence-electron chi connectivity index (χ3n) is 7.85. The SMILES string of the molecule is C[C@@H](c1cccs1)N1C(=O)c2cccc(N3CCC[C@@H](C(=O)N(C)C4CCCCC4)C3)c2C1=O. The molecule has 0 spiro atoms. The molecule has 7 heteroatoms. The Morgan fingerprint density at radius 2 is 1.82 bits per heavy atom. The van der Waals surface area contributed by atoms with Crippen molar-refractivity contribution in [2.24, 2.45) is 5.92 Å². The average Bonchev–Trinajstić information content (AvgIpc) is 3.51. The molecular formula is C27H33N3O3S. The maximum atomic E-state index is 13.5. The molecule has 1 aromatic carbocycles. The quantitative estimate of drug-likeness (QED) is 0.559. The summed E-state index contributed by atoms with van der Waals surface area (Å²) in [5.74, 6) is -0.321. The topological polar surface area (TPSA) is 60.9 Å². The summed E-state index contributed by atoms with van der Waals surface area (Å²) in [4.78, 5) is 46.7. The molecular weight excluding hydrogens is 446 g/mol. The molecule has 2 aromatic rings. The van der Waals surface area contributed by atoms with Crippen LogP contribution >= 0.6 is 11.3 Å². The van der Waals surface area contributed by atoms with E-state index in [1.807, 2.05) is 48.5 Å². The molecule has 0 N–H and O–H groups in total. The fourth-order valence-corrected chi connectivity index (χ4v) is 6.66. The van der Waals surface area contributed by atoms with E-state index in [0.29, 0.717) is 23.7 Å². The number of hydrogen-bond donors (Lipinski definition) is 0. The Balaban J connectivity index is 1.37. The van der Waals surface area contributed by atoms with E-state index in [9.17, 15) is 14.4 Å². The van der Waals surface area contributed by atoms with Gasteiger partial charge in [0.2, 0.25) is 5.91 Å². The first-order chi connectivity index (χ1) is 16.5. The van der Waals surface area contributed by atoms with Gasteiger partial charge in [0.15, 0.2) is 0 Å². The number of rotatable bonds is 5. The summed E-state index contributed by atoms with van der Waals surface area (Å²) in [6.45, 7) is 3.29. The summed E-state index contributed by atoms with van der Waals surface area (Å²) in [5.41, 5.74) is 1.75. The Labute approximate surface area is 205 Å². The van der Waals surface area contributed by atoms with Gasteiger partial charge in [0, 0.05) is 31.1 Å². The molecule has 1 saturated heterocycles. The lowest BCUT2D eigenvalue weighted by Crippen LogP contribution is -2.47. The smallest absolute Gasteiger partial charge is 0.264 e. The number of nitrogens with zero attached hydrogens (tertiary/aromatic N) is 3. The van der Waals surface area contributed by atoms with E-state index in [1.165, 1.54) is 24.2 Å². The molecule has 3 aliphatic rings. The van der Waals surface area contributed by atoms with Crippen molar-refractivity contribution in [3.8, 4) is 0 Å². The van der Waals surface area contributed by atoms with E-state index in [0.717, 1.165) is 42.8 Å². The second-order valence-electron chi connectivity index (χ2n) is 9.90.